The lowest BCUT2D eigenvalue weighted by atomic mass is 10.1. The van der Waals surface area contributed by atoms with Crippen LogP contribution in [0.15, 0.2) is 35.1 Å². The van der Waals surface area contributed by atoms with Crippen molar-refractivity contribution in [3.05, 3.63) is 52.0 Å². The van der Waals surface area contributed by atoms with Crippen molar-refractivity contribution < 1.29 is 4.79 Å². The summed E-state index contributed by atoms with van der Waals surface area (Å²) >= 11 is 3.38. The minimum absolute atomic E-state index is 0.0721. The number of nitrogens with zero attached hydrogens (tertiary/aromatic N) is 1. The van der Waals surface area contributed by atoms with E-state index in [2.05, 4.69) is 31.2 Å². The van der Waals surface area contributed by atoms with Crippen molar-refractivity contribution in [3.8, 4) is 0 Å². The maximum Gasteiger partial charge on any atom is 0.252 e. The summed E-state index contributed by atoms with van der Waals surface area (Å²) in [5, 5.41) is 2.88. The SMILES string of the molecule is Cc1ccc(Br)c(C(=O)NCCc2ncc[nH]2)c1. The fourth-order valence-corrected chi connectivity index (χ4v) is 2.06. The largest absolute Gasteiger partial charge is 0.352 e. The number of amides is 1. The average Bonchev–Trinajstić information content (AvgIpc) is 2.85. The summed E-state index contributed by atoms with van der Waals surface area (Å²) in [6.45, 7) is 2.53. The number of aryl methyl sites for hydroxylation is 1. The van der Waals surface area contributed by atoms with Crippen molar-refractivity contribution >= 4 is 21.8 Å². The average molecular weight is 308 g/mol. The summed E-state index contributed by atoms with van der Waals surface area (Å²) in [6.07, 6.45) is 4.17. The highest BCUT2D eigenvalue weighted by Crippen LogP contribution is 2.17. The van der Waals surface area contributed by atoms with Crippen LogP contribution in [0.4, 0.5) is 0 Å². The maximum atomic E-state index is 12.0. The van der Waals surface area contributed by atoms with E-state index in [0.29, 0.717) is 18.5 Å². The standard InChI is InChI=1S/C13H14BrN3O/c1-9-2-3-11(14)10(8-9)13(18)17-5-4-12-15-6-7-16-12/h2-3,6-8H,4-5H2,1H3,(H,15,16)(H,17,18). The van der Waals surface area contributed by atoms with Crippen molar-refractivity contribution in [3.63, 3.8) is 0 Å². The first-order valence-electron chi connectivity index (χ1n) is 5.69. The molecule has 18 heavy (non-hydrogen) atoms. The minimum Gasteiger partial charge on any atom is -0.352 e. The van der Waals surface area contributed by atoms with Gasteiger partial charge in [-0.2, -0.15) is 0 Å². The molecule has 94 valence electrons. The Balaban J connectivity index is 1.93. The molecule has 0 aliphatic carbocycles. The number of hydrogen-bond donors (Lipinski definition) is 2. The number of rotatable bonds is 4. The van der Waals surface area contributed by atoms with Crippen LogP contribution < -0.4 is 5.32 Å². The number of nitrogens with one attached hydrogen (secondary N) is 2. The van der Waals surface area contributed by atoms with E-state index >= 15 is 0 Å². The van der Waals surface area contributed by atoms with E-state index in [1.54, 1.807) is 12.4 Å². The predicted octanol–water partition coefficient (Wildman–Crippen LogP) is 2.45. The van der Waals surface area contributed by atoms with Gasteiger partial charge in [-0.1, -0.05) is 11.6 Å². The van der Waals surface area contributed by atoms with Gasteiger partial charge in [-0.3, -0.25) is 4.79 Å². The van der Waals surface area contributed by atoms with E-state index in [4.69, 9.17) is 0 Å². The Morgan fingerprint density at radius 3 is 3.06 bits per heavy atom. The number of aromatic nitrogens is 2. The van der Waals surface area contributed by atoms with Crippen LogP contribution in [0.3, 0.4) is 0 Å². The number of carbonyl (C=O) groups is 1. The molecule has 1 aromatic carbocycles. The lowest BCUT2D eigenvalue weighted by molar-refractivity contribution is 0.0953. The number of halogens is 1. The van der Waals surface area contributed by atoms with Gasteiger partial charge in [-0.25, -0.2) is 4.98 Å². The molecule has 0 bridgehead atoms. The second-order valence-corrected chi connectivity index (χ2v) is 4.88. The highest BCUT2D eigenvalue weighted by Gasteiger charge is 2.09. The third kappa shape index (κ3) is 3.20. The van der Waals surface area contributed by atoms with Gasteiger partial charge in [0.2, 0.25) is 0 Å². The van der Waals surface area contributed by atoms with Crippen molar-refractivity contribution in [2.24, 2.45) is 0 Å². The van der Waals surface area contributed by atoms with Gasteiger partial charge in [0.05, 0.1) is 5.56 Å². The van der Waals surface area contributed by atoms with Gasteiger partial charge in [-0.15, -0.1) is 0 Å². The molecule has 0 radical (unpaired) electrons. The first-order chi connectivity index (χ1) is 8.66. The molecule has 0 saturated carbocycles. The molecular weight excluding hydrogens is 294 g/mol. The van der Waals surface area contributed by atoms with Crippen molar-refractivity contribution in [2.75, 3.05) is 6.54 Å². The second-order valence-electron chi connectivity index (χ2n) is 4.03. The van der Waals surface area contributed by atoms with Crippen LogP contribution in [0.2, 0.25) is 0 Å². The number of hydrogen-bond acceptors (Lipinski definition) is 2. The molecule has 0 fully saturated rings. The highest BCUT2D eigenvalue weighted by molar-refractivity contribution is 9.10. The number of imidazole rings is 1. The van der Waals surface area contributed by atoms with Crippen molar-refractivity contribution in [1.82, 2.24) is 15.3 Å². The molecule has 0 unspecified atom stereocenters. The summed E-state index contributed by atoms with van der Waals surface area (Å²) in [4.78, 5) is 19.1. The lowest BCUT2D eigenvalue weighted by Crippen LogP contribution is -2.26. The summed E-state index contributed by atoms with van der Waals surface area (Å²) in [5.74, 6) is 0.802. The first-order valence-corrected chi connectivity index (χ1v) is 6.49. The zero-order chi connectivity index (χ0) is 13.0. The van der Waals surface area contributed by atoms with Gasteiger partial charge < -0.3 is 10.3 Å². The molecule has 1 aromatic heterocycles. The van der Waals surface area contributed by atoms with Gasteiger partial charge in [0.25, 0.3) is 5.91 Å². The van der Waals surface area contributed by atoms with Crippen LogP contribution in [0.1, 0.15) is 21.7 Å². The Labute approximate surface area is 114 Å². The zero-order valence-electron chi connectivity index (χ0n) is 10.0. The van der Waals surface area contributed by atoms with E-state index < -0.39 is 0 Å². The summed E-state index contributed by atoms with van der Waals surface area (Å²) in [6, 6.07) is 5.72. The zero-order valence-corrected chi connectivity index (χ0v) is 11.6. The molecule has 0 aliphatic heterocycles. The summed E-state index contributed by atoms with van der Waals surface area (Å²) < 4.78 is 0.809. The van der Waals surface area contributed by atoms with Crippen LogP contribution in [0.25, 0.3) is 0 Å². The van der Waals surface area contributed by atoms with E-state index in [-0.39, 0.29) is 5.91 Å². The number of aromatic amines is 1. The van der Waals surface area contributed by atoms with Crippen LogP contribution in [-0.2, 0) is 6.42 Å². The molecule has 4 nitrogen and oxygen atoms in total. The Bertz CT molecular complexity index is 537. The molecule has 1 amide bonds. The third-order valence-electron chi connectivity index (χ3n) is 2.57. The molecule has 0 aliphatic rings. The van der Waals surface area contributed by atoms with Crippen molar-refractivity contribution in [2.45, 2.75) is 13.3 Å². The lowest BCUT2D eigenvalue weighted by Gasteiger charge is -2.07. The van der Waals surface area contributed by atoms with Gasteiger partial charge in [-0.05, 0) is 35.0 Å². The molecular formula is C13H14BrN3O. The molecule has 0 saturated heterocycles. The Morgan fingerprint density at radius 1 is 1.50 bits per heavy atom. The number of carbonyl (C=O) groups excluding carboxylic acids is 1. The van der Waals surface area contributed by atoms with Crippen LogP contribution >= 0.6 is 15.9 Å². The van der Waals surface area contributed by atoms with E-state index in [1.807, 2.05) is 25.1 Å². The fourth-order valence-electron chi connectivity index (χ4n) is 1.64. The second kappa shape index (κ2) is 5.82. The number of H-pyrrole nitrogens is 1. The quantitative estimate of drug-likeness (QED) is 0.911. The van der Waals surface area contributed by atoms with Gasteiger partial charge in [0, 0.05) is 29.8 Å². The van der Waals surface area contributed by atoms with Crippen LogP contribution in [0, 0.1) is 6.92 Å². The first kappa shape index (κ1) is 12.8. The minimum atomic E-state index is -0.0721. The summed E-state index contributed by atoms with van der Waals surface area (Å²) in [7, 11) is 0. The Morgan fingerprint density at radius 2 is 2.33 bits per heavy atom. The molecule has 0 atom stereocenters. The van der Waals surface area contributed by atoms with Gasteiger partial charge >= 0.3 is 0 Å². The smallest absolute Gasteiger partial charge is 0.252 e. The molecule has 1 heterocycles. The van der Waals surface area contributed by atoms with E-state index in [9.17, 15) is 4.79 Å². The molecule has 5 heteroatoms. The monoisotopic (exact) mass is 307 g/mol. The maximum absolute atomic E-state index is 12.0. The molecule has 2 N–H and O–H groups in total. The molecule has 2 rings (SSSR count). The van der Waals surface area contributed by atoms with Gasteiger partial charge in [0.15, 0.2) is 0 Å². The highest BCUT2D eigenvalue weighted by atomic mass is 79.9. The third-order valence-corrected chi connectivity index (χ3v) is 3.26. The van der Waals surface area contributed by atoms with Gasteiger partial charge in [0.1, 0.15) is 5.82 Å². The Kier molecular flexibility index (Phi) is 4.15. The van der Waals surface area contributed by atoms with Crippen molar-refractivity contribution in [1.29, 1.82) is 0 Å². The topological polar surface area (TPSA) is 57.8 Å². The molecule has 0 spiro atoms. The normalized spacial score (nSPS) is 10.3. The van der Waals surface area contributed by atoms with E-state index in [1.165, 1.54) is 0 Å². The van der Waals surface area contributed by atoms with Crippen LogP contribution in [-0.4, -0.2) is 22.4 Å². The fraction of sp³-hybridized carbons (Fsp3) is 0.231. The molecule has 2 aromatic rings. The van der Waals surface area contributed by atoms with Crippen LogP contribution in [0.5, 0.6) is 0 Å². The number of benzene rings is 1. The Hall–Kier alpha value is -1.62. The summed E-state index contributed by atoms with van der Waals surface area (Å²) in [5.41, 5.74) is 1.73. The predicted molar refractivity (Wildman–Crippen MR) is 73.5 cm³/mol. The van der Waals surface area contributed by atoms with E-state index in [0.717, 1.165) is 15.9 Å².